The number of nitrogens with zero attached hydrogens (tertiary/aromatic N) is 1. The summed E-state index contributed by atoms with van der Waals surface area (Å²) in [5, 5.41) is 25.3. The number of carboxylic acids is 3. The molecule has 0 spiro atoms. The van der Waals surface area contributed by atoms with E-state index in [9.17, 15) is 28.8 Å². The number of esters is 3. The van der Waals surface area contributed by atoms with Crippen LogP contribution in [0.25, 0.3) is 0 Å². The second-order valence-electron chi connectivity index (χ2n) is 5.36. The van der Waals surface area contributed by atoms with Crippen LogP contribution in [-0.2, 0) is 43.0 Å². The summed E-state index contributed by atoms with van der Waals surface area (Å²) in [6.07, 6.45) is 3.98. The van der Waals surface area contributed by atoms with E-state index in [0.717, 1.165) is 18.2 Å². The normalized spacial score (nSPS) is 11.1. The maximum atomic E-state index is 11.3. The molecule has 0 aromatic rings. The molecule has 0 aromatic heterocycles. The van der Waals surface area contributed by atoms with Crippen LogP contribution < -0.4 is 0 Å². The Labute approximate surface area is 175 Å². The van der Waals surface area contributed by atoms with Crippen molar-refractivity contribution in [2.45, 2.75) is 0 Å². The Bertz CT molecular complexity index is 653. The van der Waals surface area contributed by atoms with Crippen LogP contribution >= 0.6 is 0 Å². The highest BCUT2D eigenvalue weighted by Crippen LogP contribution is 1.94. The van der Waals surface area contributed by atoms with Crippen LogP contribution in [0.3, 0.4) is 0 Å². The Morgan fingerprint density at radius 2 is 0.774 bits per heavy atom. The van der Waals surface area contributed by atoms with Crippen molar-refractivity contribution in [3.8, 4) is 0 Å². The molecule has 13 nitrogen and oxygen atoms in total. The highest BCUT2D eigenvalue weighted by Gasteiger charge is 2.09. The van der Waals surface area contributed by atoms with Gasteiger partial charge in [0.15, 0.2) is 0 Å². The first-order valence-electron chi connectivity index (χ1n) is 8.55. The van der Waals surface area contributed by atoms with Crippen LogP contribution in [0, 0.1) is 0 Å². The lowest BCUT2D eigenvalue weighted by atomic mass is 10.4. The Kier molecular flexibility index (Phi) is 13.8. The highest BCUT2D eigenvalue weighted by atomic mass is 16.5. The molecule has 170 valence electrons. The Hall–Kier alpha value is -4.00. The predicted octanol–water partition coefficient (Wildman–Crippen LogP) is -1.16. The van der Waals surface area contributed by atoms with Crippen molar-refractivity contribution >= 4 is 35.8 Å². The number of carbonyl (C=O) groups excluding carboxylic acids is 3. The van der Waals surface area contributed by atoms with Gasteiger partial charge < -0.3 is 29.5 Å². The zero-order chi connectivity index (χ0) is 23.6. The molecule has 0 aromatic carbocycles. The van der Waals surface area contributed by atoms with Crippen molar-refractivity contribution in [1.29, 1.82) is 0 Å². The standard InChI is InChI=1S/C18H21NO12/c20-13(21)1-4-16(26)29-10-7-19(8-11-30-17(27)5-2-14(22)23)9-12-31-18(28)6-3-15(24)25/h1-6H,7-12H2,(H,20,21)(H,22,23)(H,24,25)/b4-1-,5-2-,6-3-. The van der Waals surface area contributed by atoms with E-state index in [1.54, 1.807) is 4.90 Å². The van der Waals surface area contributed by atoms with Crippen LogP contribution in [0.1, 0.15) is 0 Å². The molecule has 0 amide bonds. The molecule has 0 unspecified atom stereocenters. The van der Waals surface area contributed by atoms with Crippen molar-refractivity contribution in [3.63, 3.8) is 0 Å². The first-order valence-corrected chi connectivity index (χ1v) is 8.55. The minimum atomic E-state index is -1.32. The van der Waals surface area contributed by atoms with E-state index in [-0.39, 0.29) is 39.5 Å². The summed E-state index contributed by atoms with van der Waals surface area (Å²) in [5.41, 5.74) is 0. The summed E-state index contributed by atoms with van der Waals surface area (Å²) in [4.78, 5) is 66.6. The van der Waals surface area contributed by atoms with Gasteiger partial charge in [0.25, 0.3) is 0 Å². The number of carboxylic acid groups (broad SMARTS) is 3. The first kappa shape index (κ1) is 27.0. The van der Waals surface area contributed by atoms with Gasteiger partial charge in [-0.1, -0.05) is 0 Å². The Morgan fingerprint density at radius 3 is 1.00 bits per heavy atom. The summed E-state index contributed by atoms with van der Waals surface area (Å²) in [6.45, 7) is -0.208. The summed E-state index contributed by atoms with van der Waals surface area (Å²) < 4.78 is 14.4. The Morgan fingerprint density at radius 1 is 0.516 bits per heavy atom. The average molecular weight is 443 g/mol. The molecule has 0 fully saturated rings. The van der Waals surface area contributed by atoms with Crippen molar-refractivity contribution in [2.24, 2.45) is 0 Å². The van der Waals surface area contributed by atoms with Gasteiger partial charge in [-0.15, -0.1) is 0 Å². The molecule has 0 radical (unpaired) electrons. The van der Waals surface area contributed by atoms with Gasteiger partial charge >= 0.3 is 35.8 Å². The monoisotopic (exact) mass is 443 g/mol. The van der Waals surface area contributed by atoms with E-state index in [4.69, 9.17) is 29.5 Å². The van der Waals surface area contributed by atoms with E-state index in [2.05, 4.69) is 0 Å². The molecule has 3 N–H and O–H groups in total. The average Bonchev–Trinajstić information content (AvgIpc) is 2.68. The van der Waals surface area contributed by atoms with E-state index in [0.29, 0.717) is 18.2 Å². The van der Waals surface area contributed by atoms with Crippen LogP contribution in [0.15, 0.2) is 36.5 Å². The summed E-state index contributed by atoms with van der Waals surface area (Å²) in [7, 11) is 0. The van der Waals surface area contributed by atoms with Gasteiger partial charge in [-0.3, -0.25) is 4.90 Å². The molecule has 0 atom stereocenters. The van der Waals surface area contributed by atoms with Crippen molar-refractivity contribution in [1.82, 2.24) is 4.90 Å². The molecule has 13 heteroatoms. The second kappa shape index (κ2) is 15.9. The maximum absolute atomic E-state index is 11.3. The van der Waals surface area contributed by atoms with Crippen molar-refractivity contribution < 1.29 is 58.3 Å². The van der Waals surface area contributed by atoms with Crippen molar-refractivity contribution in [3.05, 3.63) is 36.5 Å². The molecule has 31 heavy (non-hydrogen) atoms. The van der Waals surface area contributed by atoms with E-state index < -0.39 is 35.8 Å². The van der Waals surface area contributed by atoms with Gasteiger partial charge in [-0.2, -0.15) is 0 Å². The van der Waals surface area contributed by atoms with Crippen LogP contribution in [0.5, 0.6) is 0 Å². The SMILES string of the molecule is O=C(O)/C=C\C(=O)OCCN(CCOC(=O)/C=C\C(=O)O)CCOC(=O)/C=C\C(=O)O. The highest BCUT2D eigenvalue weighted by molar-refractivity contribution is 5.91. The quantitative estimate of drug-likeness (QED) is 0.156. The third-order valence-electron chi connectivity index (χ3n) is 3.04. The lowest BCUT2D eigenvalue weighted by Crippen LogP contribution is -2.35. The fourth-order valence-corrected chi connectivity index (χ4v) is 1.72. The zero-order valence-electron chi connectivity index (χ0n) is 16.2. The van der Waals surface area contributed by atoms with Crippen molar-refractivity contribution in [2.75, 3.05) is 39.5 Å². The third-order valence-corrected chi connectivity index (χ3v) is 3.04. The van der Waals surface area contributed by atoms with Crippen LogP contribution in [0.4, 0.5) is 0 Å². The molecule has 0 aliphatic carbocycles. The largest absolute Gasteiger partial charge is 0.478 e. The van der Waals surface area contributed by atoms with Gasteiger partial charge in [0.1, 0.15) is 19.8 Å². The van der Waals surface area contributed by atoms with Gasteiger partial charge in [-0.05, 0) is 0 Å². The first-order chi connectivity index (χ1) is 14.6. The smallest absolute Gasteiger partial charge is 0.331 e. The number of hydrogen-bond donors (Lipinski definition) is 3. The molecule has 0 saturated carbocycles. The molecule has 0 heterocycles. The number of carbonyl (C=O) groups is 6. The molecular weight excluding hydrogens is 422 g/mol. The van der Waals surface area contributed by atoms with Gasteiger partial charge in [-0.25, -0.2) is 28.8 Å². The van der Waals surface area contributed by atoms with Crippen LogP contribution in [0.2, 0.25) is 0 Å². The van der Waals surface area contributed by atoms with E-state index in [1.165, 1.54) is 0 Å². The lowest BCUT2D eigenvalue weighted by molar-refractivity contribution is -0.140. The molecule has 0 bridgehead atoms. The third kappa shape index (κ3) is 17.8. The van der Waals surface area contributed by atoms with Gasteiger partial charge in [0, 0.05) is 56.1 Å². The number of aliphatic carboxylic acids is 3. The summed E-state index contributed by atoms with van der Waals surface area (Å²) >= 11 is 0. The Balaban J connectivity index is 4.58. The number of ether oxygens (including phenoxy) is 3. The zero-order valence-corrected chi connectivity index (χ0v) is 16.2. The minimum Gasteiger partial charge on any atom is -0.478 e. The fourth-order valence-electron chi connectivity index (χ4n) is 1.72. The van der Waals surface area contributed by atoms with Gasteiger partial charge in [0.05, 0.1) is 0 Å². The molecular formula is C18H21NO12. The summed E-state index contributed by atoms with van der Waals surface area (Å²) in [6, 6.07) is 0. The maximum Gasteiger partial charge on any atom is 0.331 e. The molecule has 0 aliphatic heterocycles. The second-order valence-corrected chi connectivity index (χ2v) is 5.36. The van der Waals surface area contributed by atoms with Crippen LogP contribution in [-0.4, -0.2) is 95.5 Å². The predicted molar refractivity (Wildman–Crippen MR) is 99.6 cm³/mol. The number of hydrogen-bond acceptors (Lipinski definition) is 10. The summed E-state index contributed by atoms with van der Waals surface area (Å²) in [5.74, 6) is -6.64. The molecule has 0 aliphatic rings. The molecule has 0 rings (SSSR count). The lowest BCUT2D eigenvalue weighted by Gasteiger charge is -2.21. The fraction of sp³-hybridized carbons (Fsp3) is 0.333. The van der Waals surface area contributed by atoms with E-state index in [1.807, 2.05) is 0 Å². The minimum absolute atomic E-state index is 0.0949. The van der Waals surface area contributed by atoms with Gasteiger partial charge in [0.2, 0.25) is 0 Å². The molecule has 0 saturated heterocycles. The topological polar surface area (TPSA) is 194 Å². The number of rotatable bonds is 15. The van der Waals surface area contributed by atoms with E-state index >= 15 is 0 Å².